The standard InChI is InChI=1S/C18H19FN4O3/c1-2-14(12-3-5-13(19)6-4-12)17(22-18(25)26)15-9-23-16(21-15)7-11(10-24)8-20-23/h3-9,14,17,22,24H,2,10H2,1H3,(H,25,26)/t14-,17-/m0/s1. The Labute approximate surface area is 149 Å². The number of aromatic nitrogens is 3. The molecule has 3 rings (SSSR count). The van der Waals surface area contributed by atoms with Crippen molar-refractivity contribution in [1.82, 2.24) is 19.9 Å². The van der Waals surface area contributed by atoms with Crippen molar-refractivity contribution >= 4 is 11.7 Å². The third-order valence-corrected chi connectivity index (χ3v) is 4.32. The first-order valence-electron chi connectivity index (χ1n) is 8.21. The summed E-state index contributed by atoms with van der Waals surface area (Å²) in [4.78, 5) is 15.8. The van der Waals surface area contributed by atoms with Gasteiger partial charge in [-0.15, -0.1) is 0 Å². The summed E-state index contributed by atoms with van der Waals surface area (Å²) < 4.78 is 14.8. The van der Waals surface area contributed by atoms with Crippen LogP contribution in [0, 0.1) is 5.82 Å². The van der Waals surface area contributed by atoms with E-state index in [1.807, 2.05) is 6.92 Å². The van der Waals surface area contributed by atoms with Gasteiger partial charge in [0.15, 0.2) is 5.65 Å². The minimum absolute atomic E-state index is 0.157. The molecular weight excluding hydrogens is 339 g/mol. The van der Waals surface area contributed by atoms with E-state index in [4.69, 9.17) is 0 Å². The summed E-state index contributed by atoms with van der Waals surface area (Å²) in [5, 5.41) is 25.2. The van der Waals surface area contributed by atoms with Crippen LogP contribution in [0.3, 0.4) is 0 Å². The number of hydrogen-bond acceptors (Lipinski definition) is 4. The number of fused-ring (bicyclic) bond motifs is 1. The van der Waals surface area contributed by atoms with E-state index in [2.05, 4.69) is 15.4 Å². The molecule has 26 heavy (non-hydrogen) atoms. The average molecular weight is 358 g/mol. The molecule has 3 aromatic rings. The molecule has 3 N–H and O–H groups in total. The number of rotatable bonds is 6. The number of nitrogens with zero attached hydrogens (tertiary/aromatic N) is 3. The van der Waals surface area contributed by atoms with Crippen molar-refractivity contribution in [3.8, 4) is 0 Å². The Balaban J connectivity index is 2.03. The molecule has 0 aliphatic heterocycles. The van der Waals surface area contributed by atoms with E-state index in [0.29, 0.717) is 23.3 Å². The van der Waals surface area contributed by atoms with Gasteiger partial charge in [0.2, 0.25) is 0 Å². The monoisotopic (exact) mass is 358 g/mol. The van der Waals surface area contributed by atoms with E-state index < -0.39 is 12.1 Å². The van der Waals surface area contributed by atoms with Crippen LogP contribution in [-0.2, 0) is 6.61 Å². The summed E-state index contributed by atoms with van der Waals surface area (Å²) in [6.45, 7) is 1.78. The lowest BCUT2D eigenvalue weighted by molar-refractivity contribution is 0.187. The molecule has 0 aliphatic carbocycles. The molecule has 0 fully saturated rings. The number of hydrogen-bond donors (Lipinski definition) is 3. The Morgan fingerprint density at radius 3 is 2.69 bits per heavy atom. The van der Waals surface area contributed by atoms with Crippen LogP contribution in [0.2, 0.25) is 0 Å². The van der Waals surface area contributed by atoms with Gasteiger partial charge >= 0.3 is 6.09 Å². The zero-order valence-corrected chi connectivity index (χ0v) is 14.1. The number of halogens is 1. The Bertz CT molecular complexity index is 910. The van der Waals surface area contributed by atoms with E-state index in [-0.39, 0.29) is 18.3 Å². The molecule has 7 nitrogen and oxygen atoms in total. The van der Waals surface area contributed by atoms with Crippen molar-refractivity contribution in [2.45, 2.75) is 31.9 Å². The van der Waals surface area contributed by atoms with Crippen LogP contribution < -0.4 is 5.32 Å². The predicted octanol–water partition coefficient (Wildman–Crippen LogP) is 2.86. The number of imidazole rings is 1. The van der Waals surface area contributed by atoms with Crippen molar-refractivity contribution in [2.24, 2.45) is 0 Å². The summed E-state index contributed by atoms with van der Waals surface area (Å²) in [6.07, 6.45) is 2.63. The topological polar surface area (TPSA) is 99.8 Å². The molecule has 0 saturated carbocycles. The quantitative estimate of drug-likeness (QED) is 0.629. The third kappa shape index (κ3) is 3.65. The van der Waals surface area contributed by atoms with Gasteiger partial charge in [-0.25, -0.2) is 18.7 Å². The zero-order valence-electron chi connectivity index (χ0n) is 14.1. The van der Waals surface area contributed by atoms with Gasteiger partial charge in [-0.3, -0.25) is 0 Å². The lowest BCUT2D eigenvalue weighted by Crippen LogP contribution is -2.31. The summed E-state index contributed by atoms with van der Waals surface area (Å²) in [7, 11) is 0. The normalized spacial score (nSPS) is 13.5. The van der Waals surface area contributed by atoms with E-state index in [1.54, 1.807) is 24.4 Å². The molecular formula is C18H19FN4O3. The largest absolute Gasteiger partial charge is 0.465 e. The van der Waals surface area contributed by atoms with Crippen molar-refractivity contribution in [3.05, 3.63) is 65.4 Å². The molecule has 2 heterocycles. The lowest BCUT2D eigenvalue weighted by Gasteiger charge is -2.25. The molecule has 0 saturated heterocycles. The predicted molar refractivity (Wildman–Crippen MR) is 92.2 cm³/mol. The van der Waals surface area contributed by atoms with Crippen LogP contribution in [0.25, 0.3) is 5.65 Å². The van der Waals surface area contributed by atoms with Gasteiger partial charge < -0.3 is 15.5 Å². The Morgan fingerprint density at radius 1 is 1.35 bits per heavy atom. The van der Waals surface area contributed by atoms with Gasteiger partial charge in [-0.2, -0.15) is 5.10 Å². The number of aliphatic hydroxyl groups is 1. The number of amides is 1. The third-order valence-electron chi connectivity index (χ3n) is 4.32. The van der Waals surface area contributed by atoms with Gasteiger partial charge in [0.1, 0.15) is 5.82 Å². The van der Waals surface area contributed by atoms with Crippen LogP contribution in [0.4, 0.5) is 9.18 Å². The molecule has 8 heteroatoms. The summed E-state index contributed by atoms with van der Waals surface area (Å²) in [5.41, 5.74) is 2.44. The molecule has 0 radical (unpaired) electrons. The van der Waals surface area contributed by atoms with Crippen molar-refractivity contribution in [2.75, 3.05) is 0 Å². The number of aliphatic hydroxyl groups excluding tert-OH is 1. The number of carboxylic acid groups (broad SMARTS) is 1. The average Bonchev–Trinajstić information content (AvgIpc) is 3.05. The highest BCUT2D eigenvalue weighted by molar-refractivity contribution is 5.65. The molecule has 0 unspecified atom stereocenters. The second kappa shape index (κ2) is 7.49. The van der Waals surface area contributed by atoms with Gasteiger partial charge in [-0.05, 0) is 30.2 Å². The lowest BCUT2D eigenvalue weighted by atomic mass is 9.87. The van der Waals surface area contributed by atoms with Crippen LogP contribution in [0.5, 0.6) is 0 Å². The van der Waals surface area contributed by atoms with Crippen LogP contribution in [0.1, 0.15) is 42.1 Å². The fourth-order valence-corrected chi connectivity index (χ4v) is 3.06. The second-order valence-corrected chi connectivity index (χ2v) is 5.98. The van der Waals surface area contributed by atoms with Gasteiger partial charge in [0.25, 0.3) is 0 Å². The highest BCUT2D eigenvalue weighted by Crippen LogP contribution is 2.33. The first-order valence-corrected chi connectivity index (χ1v) is 8.21. The van der Waals surface area contributed by atoms with Crippen LogP contribution in [0.15, 0.2) is 42.7 Å². The van der Waals surface area contributed by atoms with Gasteiger partial charge in [0, 0.05) is 11.5 Å². The molecule has 136 valence electrons. The number of nitrogens with one attached hydrogen (secondary N) is 1. The fraction of sp³-hybridized carbons (Fsp3) is 0.278. The van der Waals surface area contributed by atoms with Crippen LogP contribution in [-0.4, -0.2) is 30.9 Å². The summed E-state index contributed by atoms with van der Waals surface area (Å²) in [5.74, 6) is -0.575. The number of benzene rings is 1. The molecule has 2 aromatic heterocycles. The Morgan fingerprint density at radius 2 is 2.08 bits per heavy atom. The molecule has 2 atom stereocenters. The van der Waals surface area contributed by atoms with Crippen molar-refractivity contribution < 1.29 is 19.4 Å². The SMILES string of the molecule is CC[C@@H](c1ccc(F)cc1)[C@H](NC(=O)O)c1cn2ncc(CO)cc2n1. The minimum atomic E-state index is -1.17. The van der Waals surface area contributed by atoms with Gasteiger partial charge in [-0.1, -0.05) is 19.1 Å². The van der Waals surface area contributed by atoms with E-state index in [0.717, 1.165) is 5.56 Å². The summed E-state index contributed by atoms with van der Waals surface area (Å²) >= 11 is 0. The molecule has 0 spiro atoms. The number of carbonyl (C=O) groups is 1. The zero-order chi connectivity index (χ0) is 18.7. The fourth-order valence-electron chi connectivity index (χ4n) is 3.06. The maximum atomic E-state index is 13.2. The maximum Gasteiger partial charge on any atom is 0.405 e. The van der Waals surface area contributed by atoms with Crippen molar-refractivity contribution in [3.63, 3.8) is 0 Å². The van der Waals surface area contributed by atoms with Crippen molar-refractivity contribution in [1.29, 1.82) is 0 Å². The minimum Gasteiger partial charge on any atom is -0.465 e. The molecule has 1 amide bonds. The van der Waals surface area contributed by atoms with Crippen LogP contribution >= 0.6 is 0 Å². The van der Waals surface area contributed by atoms with E-state index in [1.165, 1.54) is 22.8 Å². The Hall–Kier alpha value is -3.00. The molecule has 0 aliphatic rings. The maximum absolute atomic E-state index is 13.2. The smallest absolute Gasteiger partial charge is 0.405 e. The summed E-state index contributed by atoms with van der Waals surface area (Å²) in [6, 6.07) is 7.08. The Kier molecular flexibility index (Phi) is 5.13. The van der Waals surface area contributed by atoms with Gasteiger partial charge in [0.05, 0.1) is 30.7 Å². The first kappa shape index (κ1) is 17.8. The van der Waals surface area contributed by atoms with E-state index >= 15 is 0 Å². The highest BCUT2D eigenvalue weighted by Gasteiger charge is 2.27. The highest BCUT2D eigenvalue weighted by atomic mass is 19.1. The molecule has 0 bridgehead atoms. The first-order chi connectivity index (χ1) is 12.5. The molecule has 1 aromatic carbocycles. The second-order valence-electron chi connectivity index (χ2n) is 5.98. The van der Waals surface area contributed by atoms with E-state index in [9.17, 15) is 19.4 Å².